The summed E-state index contributed by atoms with van der Waals surface area (Å²) >= 11 is 0. The van der Waals surface area contributed by atoms with E-state index in [4.69, 9.17) is 9.15 Å². The van der Waals surface area contributed by atoms with Crippen molar-refractivity contribution in [1.82, 2.24) is 5.32 Å². The Balaban J connectivity index is 1.79. The Labute approximate surface area is 122 Å². The van der Waals surface area contributed by atoms with Crippen LogP contribution < -0.4 is 15.4 Å². The van der Waals surface area contributed by atoms with E-state index in [1.807, 2.05) is 6.07 Å². The third-order valence-corrected chi connectivity index (χ3v) is 2.76. The number of anilines is 1. The zero-order chi connectivity index (χ0) is 15.1. The van der Waals surface area contributed by atoms with Crippen molar-refractivity contribution in [3.05, 3.63) is 48.4 Å². The van der Waals surface area contributed by atoms with Crippen LogP contribution in [0, 0.1) is 0 Å². The van der Waals surface area contributed by atoms with Crippen LogP contribution in [-0.2, 0) is 4.79 Å². The van der Waals surface area contributed by atoms with Crippen LogP contribution in [0.3, 0.4) is 0 Å². The molecular formula is C15H16N2O4. The number of rotatable bonds is 6. The van der Waals surface area contributed by atoms with Crippen LogP contribution in [0.15, 0.2) is 47.1 Å². The number of furan rings is 1. The fourth-order valence-electron chi connectivity index (χ4n) is 1.75. The number of methoxy groups -OCH3 is 1. The van der Waals surface area contributed by atoms with E-state index < -0.39 is 0 Å². The Morgan fingerprint density at radius 3 is 2.71 bits per heavy atom. The van der Waals surface area contributed by atoms with E-state index in [0.29, 0.717) is 11.4 Å². The van der Waals surface area contributed by atoms with Gasteiger partial charge in [-0.1, -0.05) is 12.1 Å². The molecule has 0 aliphatic rings. The average molecular weight is 288 g/mol. The topological polar surface area (TPSA) is 80.6 Å². The second-order valence-electron chi connectivity index (χ2n) is 4.23. The van der Waals surface area contributed by atoms with Crippen molar-refractivity contribution in [3.8, 4) is 5.75 Å². The number of carbonyl (C=O) groups is 2. The lowest BCUT2D eigenvalue weighted by molar-refractivity contribution is -0.116. The van der Waals surface area contributed by atoms with Gasteiger partial charge in [0.2, 0.25) is 5.91 Å². The van der Waals surface area contributed by atoms with Gasteiger partial charge in [-0.05, 0) is 24.3 Å². The van der Waals surface area contributed by atoms with Crippen molar-refractivity contribution in [3.63, 3.8) is 0 Å². The maximum absolute atomic E-state index is 11.8. The number of hydrogen-bond donors (Lipinski definition) is 2. The summed E-state index contributed by atoms with van der Waals surface area (Å²) in [6.45, 7) is 0.223. The number of nitrogens with one attached hydrogen (secondary N) is 2. The number of carbonyl (C=O) groups excluding carboxylic acids is 2. The fraction of sp³-hybridized carbons (Fsp3) is 0.200. The molecule has 0 unspecified atom stereocenters. The lowest BCUT2D eigenvalue weighted by Gasteiger charge is -2.09. The Morgan fingerprint density at radius 1 is 1.19 bits per heavy atom. The predicted molar refractivity (Wildman–Crippen MR) is 77.3 cm³/mol. The molecular weight excluding hydrogens is 272 g/mol. The number of benzene rings is 1. The van der Waals surface area contributed by atoms with Crippen LogP contribution >= 0.6 is 0 Å². The van der Waals surface area contributed by atoms with Gasteiger partial charge in [-0.25, -0.2) is 0 Å². The van der Waals surface area contributed by atoms with E-state index in [0.717, 1.165) is 0 Å². The third-order valence-electron chi connectivity index (χ3n) is 2.76. The highest BCUT2D eigenvalue weighted by molar-refractivity contribution is 5.94. The number of amides is 2. The molecule has 0 fully saturated rings. The molecule has 21 heavy (non-hydrogen) atoms. The second kappa shape index (κ2) is 7.14. The first kappa shape index (κ1) is 14.6. The molecule has 0 spiro atoms. The van der Waals surface area contributed by atoms with Crippen molar-refractivity contribution >= 4 is 17.5 Å². The molecule has 0 saturated carbocycles. The minimum Gasteiger partial charge on any atom is -0.495 e. The van der Waals surface area contributed by atoms with Crippen molar-refractivity contribution in [2.24, 2.45) is 0 Å². The molecule has 0 aliphatic carbocycles. The van der Waals surface area contributed by atoms with E-state index in [1.165, 1.54) is 13.4 Å². The Bertz CT molecular complexity index is 608. The molecule has 0 bridgehead atoms. The monoisotopic (exact) mass is 288 g/mol. The van der Waals surface area contributed by atoms with Crippen LogP contribution in [0.25, 0.3) is 0 Å². The van der Waals surface area contributed by atoms with E-state index in [1.54, 1.807) is 30.3 Å². The van der Waals surface area contributed by atoms with E-state index in [-0.39, 0.29) is 30.5 Å². The molecule has 2 N–H and O–H groups in total. The molecule has 1 heterocycles. The van der Waals surface area contributed by atoms with Gasteiger partial charge in [0.25, 0.3) is 5.91 Å². The van der Waals surface area contributed by atoms with Crippen LogP contribution in [0.5, 0.6) is 5.75 Å². The van der Waals surface area contributed by atoms with Gasteiger partial charge in [-0.15, -0.1) is 0 Å². The van der Waals surface area contributed by atoms with Crippen LogP contribution in [0.4, 0.5) is 5.69 Å². The first-order chi connectivity index (χ1) is 10.2. The normalized spacial score (nSPS) is 9.95. The van der Waals surface area contributed by atoms with Gasteiger partial charge >= 0.3 is 0 Å². The van der Waals surface area contributed by atoms with Gasteiger partial charge in [0.05, 0.1) is 19.1 Å². The van der Waals surface area contributed by atoms with Gasteiger partial charge in [-0.3, -0.25) is 9.59 Å². The Kier molecular flexibility index (Phi) is 4.98. The minimum atomic E-state index is -0.343. The average Bonchev–Trinajstić information content (AvgIpc) is 3.02. The highest BCUT2D eigenvalue weighted by Crippen LogP contribution is 2.22. The molecule has 6 nitrogen and oxygen atoms in total. The van der Waals surface area contributed by atoms with Crippen molar-refractivity contribution in [1.29, 1.82) is 0 Å². The Morgan fingerprint density at radius 2 is 2.00 bits per heavy atom. The lowest BCUT2D eigenvalue weighted by Crippen LogP contribution is -2.27. The van der Waals surface area contributed by atoms with Gasteiger partial charge in [0.15, 0.2) is 5.76 Å². The zero-order valence-electron chi connectivity index (χ0n) is 11.6. The van der Waals surface area contributed by atoms with Gasteiger partial charge in [-0.2, -0.15) is 0 Å². The standard InChI is InChI=1S/C15H16N2O4/c1-20-12-6-3-2-5-11(12)17-14(18)8-9-16-15(19)13-7-4-10-21-13/h2-7,10H,8-9H2,1H3,(H,16,19)(H,17,18). The molecule has 0 saturated heterocycles. The smallest absolute Gasteiger partial charge is 0.286 e. The highest BCUT2D eigenvalue weighted by atomic mass is 16.5. The third kappa shape index (κ3) is 4.10. The lowest BCUT2D eigenvalue weighted by atomic mass is 10.2. The first-order valence-electron chi connectivity index (χ1n) is 6.45. The molecule has 6 heteroatoms. The predicted octanol–water partition coefficient (Wildman–Crippen LogP) is 2.05. The van der Waals surface area contributed by atoms with Gasteiger partial charge < -0.3 is 19.8 Å². The van der Waals surface area contributed by atoms with Crippen LogP contribution in [0.1, 0.15) is 17.0 Å². The maximum Gasteiger partial charge on any atom is 0.286 e. The Hall–Kier alpha value is -2.76. The van der Waals surface area contributed by atoms with Crippen LogP contribution in [-0.4, -0.2) is 25.5 Å². The largest absolute Gasteiger partial charge is 0.495 e. The maximum atomic E-state index is 11.8. The van der Waals surface area contributed by atoms with Crippen molar-refractivity contribution in [2.45, 2.75) is 6.42 Å². The summed E-state index contributed by atoms with van der Waals surface area (Å²) in [5.74, 6) is 0.259. The summed E-state index contributed by atoms with van der Waals surface area (Å²) in [5, 5.41) is 5.34. The fourth-order valence-corrected chi connectivity index (χ4v) is 1.75. The summed E-state index contributed by atoms with van der Waals surface area (Å²) in [7, 11) is 1.54. The molecule has 0 radical (unpaired) electrons. The van der Waals surface area contributed by atoms with Crippen molar-refractivity contribution in [2.75, 3.05) is 19.0 Å². The molecule has 2 amide bonds. The summed E-state index contributed by atoms with van der Waals surface area (Å²) < 4.78 is 10.1. The van der Waals surface area contributed by atoms with E-state index in [2.05, 4.69) is 10.6 Å². The summed E-state index contributed by atoms with van der Waals surface area (Å²) in [5.41, 5.74) is 0.599. The quantitative estimate of drug-likeness (QED) is 0.852. The minimum absolute atomic E-state index is 0.157. The zero-order valence-corrected chi connectivity index (χ0v) is 11.6. The number of para-hydroxylation sites is 2. The molecule has 0 atom stereocenters. The highest BCUT2D eigenvalue weighted by Gasteiger charge is 2.10. The molecule has 1 aromatic heterocycles. The molecule has 110 valence electrons. The van der Waals surface area contributed by atoms with Crippen LogP contribution in [0.2, 0.25) is 0 Å². The number of hydrogen-bond acceptors (Lipinski definition) is 4. The summed E-state index contributed by atoms with van der Waals surface area (Å²) in [6.07, 6.45) is 1.58. The van der Waals surface area contributed by atoms with Gasteiger partial charge in [0.1, 0.15) is 5.75 Å². The van der Waals surface area contributed by atoms with E-state index in [9.17, 15) is 9.59 Å². The van der Waals surface area contributed by atoms with Gasteiger partial charge in [0, 0.05) is 13.0 Å². The molecule has 2 aromatic rings. The molecule has 1 aromatic carbocycles. The molecule has 0 aliphatic heterocycles. The first-order valence-corrected chi connectivity index (χ1v) is 6.45. The van der Waals surface area contributed by atoms with Crippen molar-refractivity contribution < 1.29 is 18.7 Å². The summed E-state index contributed by atoms with van der Waals surface area (Å²) in [4.78, 5) is 23.4. The van der Waals surface area contributed by atoms with E-state index >= 15 is 0 Å². The SMILES string of the molecule is COc1ccccc1NC(=O)CCNC(=O)c1ccco1. The second-order valence-corrected chi connectivity index (χ2v) is 4.23. The molecule has 2 rings (SSSR count). The summed E-state index contributed by atoms with van der Waals surface area (Å²) in [6, 6.07) is 10.3. The number of ether oxygens (including phenoxy) is 1.